The molecule has 136 valence electrons. The first kappa shape index (κ1) is 19.2. The van der Waals surface area contributed by atoms with Gasteiger partial charge in [0.1, 0.15) is 5.75 Å². The first-order valence-electron chi connectivity index (χ1n) is 8.55. The topological polar surface area (TPSA) is 67.9 Å². The molecule has 7 heteroatoms. The van der Waals surface area contributed by atoms with Crippen molar-refractivity contribution in [3.8, 4) is 5.75 Å². The molecular formula is C18H24N2O4S. The average molecular weight is 364 g/mol. The minimum absolute atomic E-state index is 0.0895. The zero-order valence-electron chi connectivity index (χ0n) is 14.6. The number of carbonyl (C=O) groups is 2. The smallest absolute Gasteiger partial charge is 0.309 e. The fourth-order valence-corrected chi connectivity index (χ4v) is 3.03. The van der Waals surface area contributed by atoms with Crippen LogP contribution in [0.1, 0.15) is 37.0 Å². The van der Waals surface area contributed by atoms with Gasteiger partial charge >= 0.3 is 5.97 Å². The summed E-state index contributed by atoms with van der Waals surface area (Å²) in [4.78, 5) is 26.2. The van der Waals surface area contributed by atoms with Crippen LogP contribution in [-0.4, -0.2) is 48.2 Å². The number of amides is 1. The lowest BCUT2D eigenvalue weighted by atomic mass is 9.97. The fourth-order valence-electron chi connectivity index (χ4n) is 2.76. The molecule has 0 aliphatic carbocycles. The first-order valence-corrected chi connectivity index (χ1v) is 8.96. The lowest BCUT2D eigenvalue weighted by Gasteiger charge is -2.32. The van der Waals surface area contributed by atoms with Gasteiger partial charge in [0.2, 0.25) is 0 Å². The van der Waals surface area contributed by atoms with Crippen LogP contribution in [-0.2, 0) is 9.53 Å². The Morgan fingerprint density at radius 2 is 1.88 bits per heavy atom. The van der Waals surface area contributed by atoms with Gasteiger partial charge in [-0.05, 0) is 51.0 Å². The second-order valence-corrected chi connectivity index (χ2v) is 6.09. The molecule has 0 spiro atoms. The van der Waals surface area contributed by atoms with Gasteiger partial charge in [0.15, 0.2) is 5.11 Å². The summed E-state index contributed by atoms with van der Waals surface area (Å²) in [6, 6.07) is 7.06. The summed E-state index contributed by atoms with van der Waals surface area (Å²) < 4.78 is 10.5. The van der Waals surface area contributed by atoms with Gasteiger partial charge in [-0.25, -0.2) is 0 Å². The lowest BCUT2D eigenvalue weighted by Crippen LogP contribution is -2.47. The van der Waals surface area contributed by atoms with E-state index in [4.69, 9.17) is 21.7 Å². The van der Waals surface area contributed by atoms with Crippen LogP contribution in [0.3, 0.4) is 0 Å². The number of rotatable bonds is 5. The predicted octanol–water partition coefficient (Wildman–Crippen LogP) is 2.38. The molecule has 1 fully saturated rings. The Hall–Kier alpha value is -2.15. The van der Waals surface area contributed by atoms with Gasteiger partial charge in [-0.2, -0.15) is 0 Å². The van der Waals surface area contributed by atoms with Gasteiger partial charge in [0.05, 0.1) is 24.7 Å². The normalized spacial score (nSPS) is 14.7. The molecule has 1 aromatic rings. The van der Waals surface area contributed by atoms with Crippen LogP contribution in [0.25, 0.3) is 0 Å². The highest BCUT2D eigenvalue weighted by molar-refractivity contribution is 7.80. The van der Waals surface area contributed by atoms with E-state index < -0.39 is 0 Å². The lowest BCUT2D eigenvalue weighted by molar-refractivity contribution is -0.149. The van der Waals surface area contributed by atoms with E-state index in [9.17, 15) is 9.59 Å². The summed E-state index contributed by atoms with van der Waals surface area (Å²) in [5.41, 5.74) is 0.452. The first-order chi connectivity index (χ1) is 12.1. The number of nitrogens with one attached hydrogen (secondary N) is 1. The number of carbonyl (C=O) groups excluding carboxylic acids is 2. The van der Waals surface area contributed by atoms with Crippen LogP contribution in [0.4, 0.5) is 0 Å². The molecule has 1 amide bonds. The van der Waals surface area contributed by atoms with Crippen molar-refractivity contribution in [3.63, 3.8) is 0 Å². The molecular weight excluding hydrogens is 340 g/mol. The van der Waals surface area contributed by atoms with Gasteiger partial charge < -0.3 is 14.4 Å². The van der Waals surface area contributed by atoms with Crippen LogP contribution in [0.5, 0.6) is 5.75 Å². The molecule has 1 aliphatic rings. The third-order valence-electron chi connectivity index (χ3n) is 4.05. The number of hydrogen-bond acceptors (Lipinski definition) is 5. The van der Waals surface area contributed by atoms with Crippen molar-refractivity contribution in [2.24, 2.45) is 5.92 Å². The highest BCUT2D eigenvalue weighted by Crippen LogP contribution is 2.20. The van der Waals surface area contributed by atoms with Gasteiger partial charge in [0.25, 0.3) is 5.91 Å². The Balaban J connectivity index is 1.90. The monoisotopic (exact) mass is 364 g/mol. The molecule has 0 bridgehead atoms. The minimum atomic E-state index is -0.290. The van der Waals surface area contributed by atoms with Crippen molar-refractivity contribution < 1.29 is 19.1 Å². The van der Waals surface area contributed by atoms with E-state index in [1.54, 1.807) is 25.1 Å². The van der Waals surface area contributed by atoms with E-state index in [-0.39, 0.29) is 17.8 Å². The molecule has 0 atom stereocenters. The summed E-state index contributed by atoms with van der Waals surface area (Å²) in [6.07, 6.45) is 1.34. The third-order valence-corrected chi connectivity index (χ3v) is 4.41. The molecule has 0 saturated carbocycles. The van der Waals surface area contributed by atoms with Crippen LogP contribution in [0.2, 0.25) is 0 Å². The number of piperidine rings is 1. The van der Waals surface area contributed by atoms with Gasteiger partial charge in [0, 0.05) is 13.1 Å². The molecule has 2 rings (SSSR count). The van der Waals surface area contributed by atoms with Crippen molar-refractivity contribution in [1.29, 1.82) is 0 Å². The maximum absolute atomic E-state index is 12.5. The van der Waals surface area contributed by atoms with Crippen molar-refractivity contribution in [2.75, 3.05) is 26.3 Å². The number of likely N-dealkylation sites (tertiary alicyclic amines) is 1. The Kier molecular flexibility index (Phi) is 7.18. The molecule has 1 N–H and O–H groups in total. The molecule has 6 nitrogen and oxygen atoms in total. The highest BCUT2D eigenvalue weighted by atomic mass is 32.1. The number of ether oxygens (including phenoxy) is 2. The number of para-hydroxylation sites is 1. The quantitative estimate of drug-likeness (QED) is 0.639. The maximum atomic E-state index is 12.5. The van der Waals surface area contributed by atoms with Crippen LogP contribution >= 0.6 is 12.2 Å². The number of benzene rings is 1. The van der Waals surface area contributed by atoms with E-state index in [0.29, 0.717) is 55.6 Å². The summed E-state index contributed by atoms with van der Waals surface area (Å²) in [6.45, 7) is 5.79. The Bertz CT molecular complexity index is 627. The SMILES string of the molecule is CCOC(=O)C1CCN(C(=S)NC(=O)c2ccccc2OCC)CC1. The van der Waals surface area contributed by atoms with E-state index in [2.05, 4.69) is 5.32 Å². The molecule has 0 aromatic heterocycles. The minimum Gasteiger partial charge on any atom is -0.493 e. The van der Waals surface area contributed by atoms with Crippen molar-refractivity contribution in [1.82, 2.24) is 10.2 Å². The molecule has 0 unspecified atom stereocenters. The maximum Gasteiger partial charge on any atom is 0.309 e. The summed E-state index contributed by atoms with van der Waals surface area (Å²) >= 11 is 5.35. The second-order valence-electron chi connectivity index (χ2n) is 5.70. The number of esters is 1. The standard InChI is InChI=1S/C18H24N2O4S/c1-3-23-15-8-6-5-7-14(15)16(21)19-18(25)20-11-9-13(10-12-20)17(22)24-4-2/h5-8,13H,3-4,9-12H2,1-2H3,(H,19,21,25). The molecule has 1 saturated heterocycles. The number of nitrogens with zero attached hydrogens (tertiary/aromatic N) is 1. The number of hydrogen-bond donors (Lipinski definition) is 1. The summed E-state index contributed by atoms with van der Waals surface area (Å²) in [5, 5.41) is 3.13. The molecule has 25 heavy (non-hydrogen) atoms. The van der Waals surface area contributed by atoms with Gasteiger partial charge in [-0.1, -0.05) is 12.1 Å². The van der Waals surface area contributed by atoms with Crippen molar-refractivity contribution >= 4 is 29.2 Å². The van der Waals surface area contributed by atoms with Crippen LogP contribution < -0.4 is 10.1 Å². The van der Waals surface area contributed by atoms with E-state index in [0.717, 1.165) is 0 Å². The van der Waals surface area contributed by atoms with E-state index in [1.165, 1.54) is 0 Å². The van der Waals surface area contributed by atoms with Crippen LogP contribution in [0.15, 0.2) is 24.3 Å². The summed E-state index contributed by atoms with van der Waals surface area (Å²) in [5.74, 6) is 0.00372. The zero-order valence-corrected chi connectivity index (χ0v) is 15.4. The number of thiocarbonyl (C=S) groups is 1. The Morgan fingerprint density at radius 3 is 2.52 bits per heavy atom. The third kappa shape index (κ3) is 5.16. The fraction of sp³-hybridized carbons (Fsp3) is 0.500. The van der Waals surface area contributed by atoms with Crippen LogP contribution in [0, 0.1) is 5.92 Å². The van der Waals surface area contributed by atoms with Crippen molar-refractivity contribution in [3.05, 3.63) is 29.8 Å². The van der Waals surface area contributed by atoms with E-state index in [1.807, 2.05) is 17.9 Å². The molecule has 1 aliphatic heterocycles. The second kappa shape index (κ2) is 9.36. The average Bonchev–Trinajstić information content (AvgIpc) is 2.62. The molecule has 0 radical (unpaired) electrons. The van der Waals surface area contributed by atoms with Crippen molar-refractivity contribution in [2.45, 2.75) is 26.7 Å². The van der Waals surface area contributed by atoms with E-state index >= 15 is 0 Å². The summed E-state index contributed by atoms with van der Waals surface area (Å²) in [7, 11) is 0. The molecule has 1 aromatic carbocycles. The Labute approximate surface area is 153 Å². The zero-order chi connectivity index (χ0) is 18.2. The van der Waals surface area contributed by atoms with Gasteiger partial charge in [-0.3, -0.25) is 14.9 Å². The predicted molar refractivity (Wildman–Crippen MR) is 98.6 cm³/mol. The molecule has 1 heterocycles. The van der Waals surface area contributed by atoms with Gasteiger partial charge in [-0.15, -0.1) is 0 Å². The Morgan fingerprint density at radius 1 is 1.20 bits per heavy atom. The highest BCUT2D eigenvalue weighted by Gasteiger charge is 2.27. The largest absolute Gasteiger partial charge is 0.493 e.